The Morgan fingerprint density at radius 3 is 2.50 bits per heavy atom. The van der Waals surface area contributed by atoms with Crippen molar-refractivity contribution in [1.29, 1.82) is 0 Å². The number of anilines is 2. The van der Waals surface area contributed by atoms with Gasteiger partial charge in [0.2, 0.25) is 5.91 Å². The molecule has 2 aromatic rings. The van der Waals surface area contributed by atoms with Gasteiger partial charge in [-0.25, -0.2) is 4.90 Å². The Balaban J connectivity index is 1.80. The molecule has 1 fully saturated rings. The lowest BCUT2D eigenvalue weighted by atomic mass is 10.1. The third-order valence-electron chi connectivity index (χ3n) is 4.19. The lowest BCUT2D eigenvalue weighted by molar-refractivity contribution is -0.121. The molecule has 2 amide bonds. The minimum absolute atomic E-state index is 0.131. The molecular weight excluding hydrogens is 304 g/mol. The molecule has 1 aliphatic rings. The predicted molar refractivity (Wildman–Crippen MR) is 93.3 cm³/mol. The van der Waals surface area contributed by atoms with Crippen LogP contribution in [0.15, 0.2) is 48.5 Å². The monoisotopic (exact) mass is 324 g/mol. The maximum absolute atomic E-state index is 12.7. The Hall–Kier alpha value is -2.82. The van der Waals surface area contributed by atoms with Crippen LogP contribution in [0.25, 0.3) is 0 Å². The summed E-state index contributed by atoms with van der Waals surface area (Å²) in [5.74, 6) is 0.204. The molecule has 0 bridgehead atoms. The second kappa shape index (κ2) is 6.74. The van der Waals surface area contributed by atoms with E-state index >= 15 is 0 Å². The van der Waals surface area contributed by atoms with Gasteiger partial charge in [0.1, 0.15) is 11.8 Å². The zero-order chi connectivity index (χ0) is 17.1. The molecule has 24 heavy (non-hydrogen) atoms. The number of carbonyl (C=O) groups is 2. The Morgan fingerprint density at radius 1 is 1.12 bits per heavy atom. The second-order valence-electron chi connectivity index (χ2n) is 5.69. The molecule has 0 spiro atoms. The largest absolute Gasteiger partial charge is 0.495 e. The first-order valence-electron chi connectivity index (χ1n) is 7.99. The van der Waals surface area contributed by atoms with Crippen LogP contribution < -0.4 is 15.0 Å². The number of para-hydroxylation sites is 2. The van der Waals surface area contributed by atoms with Crippen LogP contribution in [0.5, 0.6) is 5.75 Å². The van der Waals surface area contributed by atoms with Gasteiger partial charge in [0.05, 0.1) is 24.9 Å². The standard InChI is InChI=1S/C19H20N2O3/c1-3-13-8-10-14(11-9-13)21-18(22)12-16(19(21)23)20-15-6-4-5-7-17(15)24-2/h4-11,16,20H,3,12H2,1-2H3. The van der Waals surface area contributed by atoms with Crippen LogP contribution in [0, 0.1) is 0 Å². The van der Waals surface area contributed by atoms with Gasteiger partial charge in [0, 0.05) is 0 Å². The molecule has 5 heteroatoms. The van der Waals surface area contributed by atoms with Crippen molar-refractivity contribution in [3.8, 4) is 5.75 Å². The van der Waals surface area contributed by atoms with E-state index in [1.807, 2.05) is 48.5 Å². The van der Waals surface area contributed by atoms with Gasteiger partial charge in [-0.1, -0.05) is 31.2 Å². The van der Waals surface area contributed by atoms with E-state index < -0.39 is 6.04 Å². The van der Waals surface area contributed by atoms with Gasteiger partial charge in [-0.15, -0.1) is 0 Å². The summed E-state index contributed by atoms with van der Waals surface area (Å²) in [5, 5.41) is 3.13. The number of nitrogens with zero attached hydrogens (tertiary/aromatic N) is 1. The Morgan fingerprint density at radius 2 is 1.83 bits per heavy atom. The van der Waals surface area contributed by atoms with Crippen molar-refractivity contribution in [2.75, 3.05) is 17.3 Å². The van der Waals surface area contributed by atoms with E-state index in [1.165, 1.54) is 10.5 Å². The summed E-state index contributed by atoms with van der Waals surface area (Å²) in [6.07, 6.45) is 1.05. The Bertz CT molecular complexity index is 755. The first kappa shape index (κ1) is 16.1. The average Bonchev–Trinajstić information content (AvgIpc) is 2.89. The number of imide groups is 1. The fourth-order valence-corrected chi connectivity index (χ4v) is 2.85. The number of nitrogens with one attached hydrogen (secondary N) is 1. The van der Waals surface area contributed by atoms with Crippen molar-refractivity contribution >= 4 is 23.2 Å². The van der Waals surface area contributed by atoms with Crippen molar-refractivity contribution in [1.82, 2.24) is 0 Å². The van der Waals surface area contributed by atoms with Crippen molar-refractivity contribution in [2.45, 2.75) is 25.8 Å². The normalized spacial score (nSPS) is 17.2. The number of hydrogen-bond donors (Lipinski definition) is 1. The molecule has 0 aliphatic carbocycles. The molecule has 1 aliphatic heterocycles. The fraction of sp³-hybridized carbons (Fsp3) is 0.263. The van der Waals surface area contributed by atoms with Gasteiger partial charge >= 0.3 is 0 Å². The lowest BCUT2D eigenvalue weighted by Crippen LogP contribution is -2.34. The molecule has 124 valence electrons. The average molecular weight is 324 g/mol. The van der Waals surface area contributed by atoms with Crippen LogP contribution in [0.4, 0.5) is 11.4 Å². The lowest BCUT2D eigenvalue weighted by Gasteiger charge is -2.17. The van der Waals surface area contributed by atoms with Crippen LogP contribution >= 0.6 is 0 Å². The number of rotatable bonds is 5. The van der Waals surface area contributed by atoms with E-state index in [9.17, 15) is 9.59 Å². The highest BCUT2D eigenvalue weighted by Gasteiger charge is 2.39. The van der Waals surface area contributed by atoms with E-state index in [0.717, 1.165) is 6.42 Å². The third kappa shape index (κ3) is 2.97. The maximum atomic E-state index is 12.7. The topological polar surface area (TPSA) is 58.6 Å². The summed E-state index contributed by atoms with van der Waals surface area (Å²) in [5.41, 5.74) is 2.49. The summed E-state index contributed by atoms with van der Waals surface area (Å²) in [6, 6.07) is 14.3. The fourth-order valence-electron chi connectivity index (χ4n) is 2.85. The van der Waals surface area contributed by atoms with Crippen LogP contribution in [0.1, 0.15) is 18.9 Å². The summed E-state index contributed by atoms with van der Waals surface area (Å²) >= 11 is 0. The molecule has 0 radical (unpaired) electrons. The van der Waals surface area contributed by atoms with E-state index in [-0.39, 0.29) is 18.2 Å². The second-order valence-corrected chi connectivity index (χ2v) is 5.69. The number of hydrogen-bond acceptors (Lipinski definition) is 4. The van der Waals surface area contributed by atoms with Crippen molar-refractivity contribution in [3.05, 3.63) is 54.1 Å². The van der Waals surface area contributed by atoms with Gasteiger partial charge in [0.25, 0.3) is 5.91 Å². The quantitative estimate of drug-likeness (QED) is 0.859. The molecule has 3 rings (SSSR count). The number of amides is 2. The minimum Gasteiger partial charge on any atom is -0.495 e. The molecular formula is C19H20N2O3. The molecule has 0 saturated carbocycles. The number of ether oxygens (including phenoxy) is 1. The highest BCUT2D eigenvalue weighted by atomic mass is 16.5. The SMILES string of the molecule is CCc1ccc(N2C(=O)CC(Nc3ccccc3OC)C2=O)cc1. The van der Waals surface area contributed by atoms with E-state index in [1.54, 1.807) is 7.11 Å². The van der Waals surface area contributed by atoms with E-state index in [0.29, 0.717) is 17.1 Å². The zero-order valence-corrected chi connectivity index (χ0v) is 13.8. The molecule has 5 nitrogen and oxygen atoms in total. The number of methoxy groups -OCH3 is 1. The van der Waals surface area contributed by atoms with Gasteiger partial charge < -0.3 is 10.1 Å². The number of carbonyl (C=O) groups excluding carboxylic acids is 2. The smallest absolute Gasteiger partial charge is 0.256 e. The zero-order valence-electron chi connectivity index (χ0n) is 13.8. The molecule has 0 aromatic heterocycles. The first-order valence-corrected chi connectivity index (χ1v) is 7.99. The number of aryl methyl sites for hydroxylation is 1. The van der Waals surface area contributed by atoms with Crippen molar-refractivity contribution in [3.63, 3.8) is 0 Å². The summed E-state index contributed by atoms with van der Waals surface area (Å²) in [7, 11) is 1.57. The van der Waals surface area contributed by atoms with Crippen LogP contribution in [-0.4, -0.2) is 25.0 Å². The minimum atomic E-state index is -0.584. The van der Waals surface area contributed by atoms with Gasteiger partial charge in [-0.3, -0.25) is 9.59 Å². The Kier molecular flexibility index (Phi) is 4.51. The summed E-state index contributed by atoms with van der Waals surface area (Å²) < 4.78 is 5.28. The third-order valence-corrected chi connectivity index (χ3v) is 4.19. The molecule has 1 N–H and O–H groups in total. The molecule has 1 unspecified atom stereocenters. The van der Waals surface area contributed by atoms with Gasteiger partial charge in [-0.05, 0) is 36.2 Å². The van der Waals surface area contributed by atoms with Crippen LogP contribution in [-0.2, 0) is 16.0 Å². The summed E-state index contributed by atoms with van der Waals surface area (Å²) in [4.78, 5) is 26.3. The molecule has 1 saturated heterocycles. The first-order chi connectivity index (χ1) is 11.6. The summed E-state index contributed by atoms with van der Waals surface area (Å²) in [6.45, 7) is 2.06. The van der Waals surface area contributed by atoms with Crippen molar-refractivity contribution in [2.24, 2.45) is 0 Å². The van der Waals surface area contributed by atoms with Crippen LogP contribution in [0.3, 0.4) is 0 Å². The maximum Gasteiger partial charge on any atom is 0.256 e. The molecule has 1 atom stereocenters. The molecule has 1 heterocycles. The van der Waals surface area contributed by atoms with E-state index in [4.69, 9.17) is 4.74 Å². The van der Waals surface area contributed by atoms with Crippen molar-refractivity contribution < 1.29 is 14.3 Å². The number of benzene rings is 2. The highest BCUT2D eigenvalue weighted by molar-refractivity contribution is 6.23. The predicted octanol–water partition coefficient (Wildman–Crippen LogP) is 3.00. The van der Waals surface area contributed by atoms with E-state index in [2.05, 4.69) is 12.2 Å². The van der Waals surface area contributed by atoms with Gasteiger partial charge in [0.15, 0.2) is 0 Å². The Labute approximate surface area is 141 Å². The highest BCUT2D eigenvalue weighted by Crippen LogP contribution is 2.29. The molecule has 2 aromatic carbocycles. The van der Waals surface area contributed by atoms with Crippen LogP contribution in [0.2, 0.25) is 0 Å². The van der Waals surface area contributed by atoms with Gasteiger partial charge in [-0.2, -0.15) is 0 Å².